The number of fused-ring (bicyclic) bond motifs is 2. The second kappa shape index (κ2) is 6.75. The van der Waals surface area contributed by atoms with Crippen molar-refractivity contribution in [1.82, 2.24) is 9.88 Å². The average Bonchev–Trinajstić information content (AvgIpc) is 2.63. The molecule has 2 aromatic rings. The minimum absolute atomic E-state index is 0.162. The van der Waals surface area contributed by atoms with Crippen LogP contribution in [-0.4, -0.2) is 34.4 Å². The molecule has 0 saturated carbocycles. The molecule has 4 rings (SSSR count). The highest BCUT2D eigenvalue weighted by Gasteiger charge is 2.44. The number of nitrogens with zero attached hydrogens (tertiary/aromatic N) is 2. The van der Waals surface area contributed by atoms with E-state index in [0.717, 1.165) is 25.7 Å². The molecule has 1 aromatic carbocycles. The molecule has 8 heteroatoms. The molecule has 142 valence electrons. The lowest BCUT2D eigenvalue weighted by Crippen LogP contribution is -2.62. The summed E-state index contributed by atoms with van der Waals surface area (Å²) >= 11 is 0. The molecule has 1 N–H and O–H groups in total. The highest BCUT2D eigenvalue weighted by atomic mass is 19.4. The van der Waals surface area contributed by atoms with Crippen molar-refractivity contribution in [2.45, 2.75) is 44.1 Å². The van der Waals surface area contributed by atoms with Gasteiger partial charge in [0, 0.05) is 29.5 Å². The van der Waals surface area contributed by atoms with Crippen LogP contribution in [0, 0.1) is 0 Å². The highest BCUT2D eigenvalue weighted by Crippen LogP contribution is 2.39. The summed E-state index contributed by atoms with van der Waals surface area (Å²) in [6, 6.07) is 9.31. The van der Waals surface area contributed by atoms with Gasteiger partial charge in [0.15, 0.2) is 0 Å². The normalized spacial score (nSPS) is 21.4. The van der Waals surface area contributed by atoms with Gasteiger partial charge in [0.2, 0.25) is 0 Å². The molecule has 5 nitrogen and oxygen atoms in total. The van der Waals surface area contributed by atoms with Gasteiger partial charge < -0.3 is 15.0 Å². The Hall–Kier alpha value is -2.77. The predicted octanol–water partition coefficient (Wildman–Crippen LogP) is 4.81. The van der Waals surface area contributed by atoms with Gasteiger partial charge in [0.05, 0.1) is 5.69 Å². The highest BCUT2D eigenvalue weighted by molar-refractivity contribution is 5.91. The van der Waals surface area contributed by atoms with Crippen LogP contribution in [0.25, 0.3) is 11.3 Å². The summed E-state index contributed by atoms with van der Waals surface area (Å²) in [6.07, 6.45) is 0.836. The van der Waals surface area contributed by atoms with Crippen molar-refractivity contribution in [2.75, 3.05) is 5.32 Å². The van der Waals surface area contributed by atoms with Gasteiger partial charge >= 0.3 is 12.4 Å². The molecule has 3 heterocycles. The number of piperidine rings is 1. The quantitative estimate of drug-likeness (QED) is 0.836. The van der Waals surface area contributed by atoms with E-state index in [0.29, 0.717) is 11.4 Å². The Kier molecular flexibility index (Phi) is 4.41. The number of benzene rings is 1. The van der Waals surface area contributed by atoms with Crippen LogP contribution in [0.4, 0.5) is 23.7 Å². The molecule has 0 radical (unpaired) electrons. The lowest BCUT2D eigenvalue weighted by atomic mass is 9.80. The zero-order valence-electron chi connectivity index (χ0n) is 14.4. The number of carbonyl (C=O) groups excluding carboxylic acids is 1. The van der Waals surface area contributed by atoms with Gasteiger partial charge in [0.25, 0.3) is 0 Å². The van der Waals surface area contributed by atoms with Crippen molar-refractivity contribution in [3.8, 4) is 17.0 Å². The molecule has 2 atom stereocenters. The van der Waals surface area contributed by atoms with Crippen molar-refractivity contribution in [3.05, 3.63) is 42.6 Å². The molecular formula is C19H18F3N3O2. The lowest BCUT2D eigenvalue weighted by Gasteiger charge is -2.52. The number of rotatable bonds is 3. The van der Waals surface area contributed by atoms with E-state index in [1.807, 2.05) is 4.90 Å². The number of anilines is 1. The number of hydrogen-bond acceptors (Lipinski definition) is 3. The molecule has 0 aliphatic carbocycles. The fourth-order valence-corrected chi connectivity index (χ4v) is 3.87. The molecule has 1 aromatic heterocycles. The zero-order valence-corrected chi connectivity index (χ0v) is 14.4. The summed E-state index contributed by atoms with van der Waals surface area (Å²) in [5.41, 5.74) is 0.892. The van der Waals surface area contributed by atoms with Crippen molar-refractivity contribution >= 4 is 11.7 Å². The van der Waals surface area contributed by atoms with Crippen molar-refractivity contribution in [3.63, 3.8) is 0 Å². The lowest BCUT2D eigenvalue weighted by molar-refractivity contribution is -0.274. The van der Waals surface area contributed by atoms with Crippen LogP contribution in [0.1, 0.15) is 25.7 Å². The first-order valence-electron chi connectivity index (χ1n) is 8.81. The van der Waals surface area contributed by atoms with Gasteiger partial charge in [-0.2, -0.15) is 0 Å². The molecule has 2 saturated heterocycles. The first-order valence-corrected chi connectivity index (χ1v) is 8.81. The van der Waals surface area contributed by atoms with Gasteiger partial charge in [-0.3, -0.25) is 4.98 Å². The number of alkyl halides is 3. The Labute approximate surface area is 154 Å². The first kappa shape index (κ1) is 17.6. The number of pyridine rings is 1. The standard InChI is InChI=1S/C19H18F3N3O2/c20-19(21,22)27-17-8-7-12(10-15(17)16-6-1-2-9-23-16)24-18(26)25-13-4-3-5-14(25)11-13/h1-2,6-10,13-14H,3-5,11H2,(H,24,26). The number of amides is 2. The van der Waals surface area contributed by atoms with E-state index in [9.17, 15) is 18.0 Å². The van der Waals surface area contributed by atoms with Gasteiger partial charge in [-0.25, -0.2) is 4.79 Å². The maximum atomic E-state index is 12.7. The van der Waals surface area contributed by atoms with E-state index >= 15 is 0 Å². The Morgan fingerprint density at radius 3 is 2.59 bits per heavy atom. The van der Waals surface area contributed by atoms with Gasteiger partial charge in [-0.1, -0.05) is 6.07 Å². The molecular weight excluding hydrogens is 359 g/mol. The number of hydrogen-bond donors (Lipinski definition) is 1. The van der Waals surface area contributed by atoms with E-state index in [1.54, 1.807) is 18.2 Å². The van der Waals surface area contributed by atoms with Crippen LogP contribution >= 0.6 is 0 Å². The van der Waals surface area contributed by atoms with E-state index in [2.05, 4.69) is 15.0 Å². The van der Waals surface area contributed by atoms with Crippen molar-refractivity contribution in [1.29, 1.82) is 0 Å². The molecule has 27 heavy (non-hydrogen) atoms. The molecule has 2 aliphatic rings. The monoisotopic (exact) mass is 377 g/mol. The van der Waals surface area contributed by atoms with E-state index in [-0.39, 0.29) is 29.4 Å². The summed E-state index contributed by atoms with van der Waals surface area (Å²) in [4.78, 5) is 18.5. The number of carbonyl (C=O) groups is 1. The van der Waals surface area contributed by atoms with Crippen molar-refractivity contribution < 1.29 is 22.7 Å². The first-order chi connectivity index (χ1) is 12.9. The summed E-state index contributed by atoms with van der Waals surface area (Å²) in [5, 5.41) is 2.80. The molecule has 2 aliphatic heterocycles. The molecule has 2 unspecified atom stereocenters. The van der Waals surface area contributed by atoms with Gasteiger partial charge in [0.1, 0.15) is 5.75 Å². The largest absolute Gasteiger partial charge is 0.573 e. The summed E-state index contributed by atoms with van der Waals surface area (Å²) in [7, 11) is 0. The number of aromatic nitrogens is 1. The van der Waals surface area contributed by atoms with Crippen LogP contribution < -0.4 is 10.1 Å². The Morgan fingerprint density at radius 1 is 1.19 bits per heavy atom. The SMILES string of the molecule is O=C(Nc1ccc(OC(F)(F)F)c(-c2ccccn2)c1)N1C2CCCC1C2. The third-order valence-electron chi connectivity index (χ3n) is 5.04. The zero-order chi connectivity index (χ0) is 19.0. The molecule has 0 spiro atoms. The minimum atomic E-state index is -4.82. The average molecular weight is 377 g/mol. The summed E-state index contributed by atoms with van der Waals surface area (Å²) in [5.74, 6) is -0.361. The third kappa shape index (κ3) is 3.70. The number of ether oxygens (including phenoxy) is 1. The Balaban J connectivity index is 1.59. The Bertz CT molecular complexity index is 828. The molecule has 2 bridgehead atoms. The van der Waals surface area contributed by atoms with E-state index in [1.165, 1.54) is 24.4 Å². The van der Waals surface area contributed by atoms with Gasteiger partial charge in [-0.05, 0) is 56.0 Å². The maximum absolute atomic E-state index is 12.7. The number of halogens is 3. The van der Waals surface area contributed by atoms with Crippen LogP contribution in [0.15, 0.2) is 42.6 Å². The van der Waals surface area contributed by atoms with Crippen molar-refractivity contribution in [2.24, 2.45) is 0 Å². The number of urea groups is 1. The van der Waals surface area contributed by atoms with Crippen LogP contribution in [0.5, 0.6) is 5.75 Å². The van der Waals surface area contributed by atoms with Crippen LogP contribution in [0.2, 0.25) is 0 Å². The smallest absolute Gasteiger partial charge is 0.405 e. The predicted molar refractivity (Wildman–Crippen MR) is 93.3 cm³/mol. The summed E-state index contributed by atoms with van der Waals surface area (Å²) in [6.45, 7) is 0. The maximum Gasteiger partial charge on any atom is 0.573 e. The van der Waals surface area contributed by atoms with E-state index < -0.39 is 6.36 Å². The van der Waals surface area contributed by atoms with E-state index in [4.69, 9.17) is 0 Å². The minimum Gasteiger partial charge on any atom is -0.405 e. The third-order valence-corrected chi connectivity index (χ3v) is 5.04. The second-order valence-corrected chi connectivity index (χ2v) is 6.79. The summed E-state index contributed by atoms with van der Waals surface area (Å²) < 4.78 is 42.3. The molecule has 2 amide bonds. The second-order valence-electron chi connectivity index (χ2n) is 6.79. The fraction of sp³-hybridized carbons (Fsp3) is 0.368. The fourth-order valence-electron chi connectivity index (χ4n) is 3.87. The Morgan fingerprint density at radius 2 is 1.96 bits per heavy atom. The topological polar surface area (TPSA) is 54.5 Å². The van der Waals surface area contributed by atoms with Gasteiger partial charge in [-0.15, -0.1) is 13.2 Å². The van der Waals surface area contributed by atoms with Crippen LogP contribution in [0.3, 0.4) is 0 Å². The number of nitrogens with one attached hydrogen (secondary N) is 1. The van der Waals surface area contributed by atoms with Crippen LogP contribution in [-0.2, 0) is 0 Å². The molecule has 2 fully saturated rings.